The van der Waals surface area contributed by atoms with Crippen molar-refractivity contribution in [1.82, 2.24) is 9.80 Å². The molecule has 1 fully saturated rings. The van der Waals surface area contributed by atoms with Crippen molar-refractivity contribution >= 4 is 23.2 Å². The molecule has 4 rings (SSSR count). The van der Waals surface area contributed by atoms with E-state index in [4.69, 9.17) is 4.74 Å². The van der Waals surface area contributed by atoms with E-state index < -0.39 is 5.82 Å². The van der Waals surface area contributed by atoms with Gasteiger partial charge in [-0.2, -0.15) is 0 Å². The topological polar surface area (TPSA) is 49.9 Å². The van der Waals surface area contributed by atoms with Gasteiger partial charge in [0.15, 0.2) is 11.6 Å². The summed E-state index contributed by atoms with van der Waals surface area (Å²) in [6.45, 7) is 5.56. The number of ether oxygens (including phenoxy) is 1. The number of thiophene rings is 1. The van der Waals surface area contributed by atoms with Gasteiger partial charge in [-0.3, -0.25) is 9.59 Å². The number of benzene rings is 1. The van der Waals surface area contributed by atoms with Crippen LogP contribution in [0.2, 0.25) is 0 Å². The number of para-hydroxylation sites is 1. The van der Waals surface area contributed by atoms with E-state index in [0.717, 1.165) is 37.7 Å². The highest BCUT2D eigenvalue weighted by molar-refractivity contribution is 7.10. The second-order valence-electron chi connectivity index (χ2n) is 9.49. The Bertz CT molecular complexity index is 970. The summed E-state index contributed by atoms with van der Waals surface area (Å²) in [7, 11) is 0. The van der Waals surface area contributed by atoms with Gasteiger partial charge in [0.2, 0.25) is 11.8 Å². The minimum Gasteiger partial charge on any atom is -0.488 e. The molecule has 1 atom stereocenters. The van der Waals surface area contributed by atoms with Crippen LogP contribution in [0.1, 0.15) is 56.0 Å². The van der Waals surface area contributed by atoms with Gasteiger partial charge in [-0.05, 0) is 54.3 Å². The van der Waals surface area contributed by atoms with E-state index in [1.54, 1.807) is 34.4 Å². The Morgan fingerprint density at radius 1 is 1.21 bits per heavy atom. The number of rotatable bonds is 8. The number of carbonyl (C=O) groups excluding carboxylic acids is 2. The minimum absolute atomic E-state index is 0.0431. The maximum atomic E-state index is 14.1. The van der Waals surface area contributed by atoms with Crippen molar-refractivity contribution in [2.75, 3.05) is 26.2 Å². The van der Waals surface area contributed by atoms with Gasteiger partial charge in [0.05, 0.1) is 12.6 Å². The van der Waals surface area contributed by atoms with Crippen LogP contribution in [0.15, 0.2) is 35.7 Å². The molecule has 7 heteroatoms. The van der Waals surface area contributed by atoms with Crippen LogP contribution in [-0.4, -0.2) is 47.9 Å². The molecule has 1 aliphatic heterocycles. The van der Waals surface area contributed by atoms with Crippen LogP contribution in [-0.2, 0) is 16.0 Å². The zero-order chi connectivity index (χ0) is 23.4. The van der Waals surface area contributed by atoms with E-state index in [2.05, 4.69) is 13.8 Å². The van der Waals surface area contributed by atoms with Crippen molar-refractivity contribution in [3.8, 4) is 5.75 Å². The molecular weight excluding hydrogens is 439 g/mol. The standard InChI is InChI=1S/C26H33FN2O3S/c1-18(2)15-28(26(31)19-7-3-4-8-19)16-25(30)29-13-11-24-20(12-14-33-24)22(29)17-32-23-10-6-5-9-21(23)27/h5-6,9-10,12,14,18-19,22H,3-4,7-8,11,13,15-17H2,1-2H3/t22-/m1/s1. The summed E-state index contributed by atoms with van der Waals surface area (Å²) >= 11 is 1.68. The Morgan fingerprint density at radius 2 is 1.97 bits per heavy atom. The van der Waals surface area contributed by atoms with Gasteiger partial charge < -0.3 is 14.5 Å². The van der Waals surface area contributed by atoms with Crippen LogP contribution >= 0.6 is 11.3 Å². The number of carbonyl (C=O) groups is 2. The second kappa shape index (κ2) is 10.7. The van der Waals surface area contributed by atoms with Crippen molar-refractivity contribution in [3.63, 3.8) is 0 Å². The van der Waals surface area contributed by atoms with Gasteiger partial charge in [-0.1, -0.05) is 38.8 Å². The number of nitrogens with zero attached hydrogens (tertiary/aromatic N) is 2. The third-order valence-electron chi connectivity index (χ3n) is 6.58. The predicted octanol–water partition coefficient (Wildman–Crippen LogP) is 5.07. The third-order valence-corrected chi connectivity index (χ3v) is 7.57. The monoisotopic (exact) mass is 472 g/mol. The average Bonchev–Trinajstić information content (AvgIpc) is 3.49. The first-order valence-corrected chi connectivity index (χ1v) is 12.8. The predicted molar refractivity (Wildman–Crippen MR) is 128 cm³/mol. The number of fused-ring (bicyclic) bond motifs is 1. The van der Waals surface area contributed by atoms with Gasteiger partial charge >= 0.3 is 0 Å². The lowest BCUT2D eigenvalue weighted by Gasteiger charge is -2.37. The largest absolute Gasteiger partial charge is 0.488 e. The zero-order valence-electron chi connectivity index (χ0n) is 19.5. The van der Waals surface area contributed by atoms with Crippen molar-refractivity contribution < 1.29 is 18.7 Å². The quantitative estimate of drug-likeness (QED) is 0.539. The van der Waals surface area contributed by atoms with Crippen molar-refractivity contribution in [3.05, 3.63) is 52.0 Å². The molecule has 0 unspecified atom stereocenters. The molecule has 0 spiro atoms. The Labute approximate surface area is 199 Å². The van der Waals surface area contributed by atoms with Crippen molar-refractivity contribution in [1.29, 1.82) is 0 Å². The lowest BCUT2D eigenvalue weighted by atomic mass is 10.00. The highest BCUT2D eigenvalue weighted by atomic mass is 32.1. The van der Waals surface area contributed by atoms with Gasteiger partial charge in [0.25, 0.3) is 0 Å². The van der Waals surface area contributed by atoms with E-state index >= 15 is 0 Å². The maximum Gasteiger partial charge on any atom is 0.242 e. The Hall–Kier alpha value is -2.41. The highest BCUT2D eigenvalue weighted by Gasteiger charge is 2.35. The first kappa shape index (κ1) is 23.7. The SMILES string of the molecule is CC(C)CN(CC(=O)N1CCc2sccc2[C@H]1COc1ccccc1F)C(=O)C1CCCC1. The minimum atomic E-state index is -0.415. The summed E-state index contributed by atoms with van der Waals surface area (Å²) in [6, 6.07) is 8.06. The second-order valence-corrected chi connectivity index (χ2v) is 10.5. The van der Waals surface area contributed by atoms with Crippen LogP contribution in [0.25, 0.3) is 0 Å². The molecule has 2 amide bonds. The van der Waals surface area contributed by atoms with Gasteiger partial charge in [0.1, 0.15) is 6.61 Å². The molecule has 2 aromatic rings. The number of halogens is 1. The molecule has 1 aliphatic carbocycles. The third kappa shape index (κ3) is 5.57. The summed E-state index contributed by atoms with van der Waals surface area (Å²) < 4.78 is 20.0. The smallest absolute Gasteiger partial charge is 0.242 e. The van der Waals surface area contributed by atoms with Crippen LogP contribution in [0.4, 0.5) is 4.39 Å². The molecule has 1 aromatic heterocycles. The van der Waals surface area contributed by atoms with Crippen LogP contribution < -0.4 is 4.74 Å². The van der Waals surface area contributed by atoms with E-state index in [-0.39, 0.29) is 48.6 Å². The lowest BCUT2D eigenvalue weighted by molar-refractivity contribution is -0.145. The molecule has 5 nitrogen and oxygen atoms in total. The normalized spacial score (nSPS) is 18.4. The lowest BCUT2D eigenvalue weighted by Crippen LogP contribution is -2.49. The van der Waals surface area contributed by atoms with E-state index in [1.165, 1.54) is 10.9 Å². The van der Waals surface area contributed by atoms with Gasteiger partial charge in [0, 0.05) is 23.9 Å². The first-order chi connectivity index (χ1) is 15.9. The summed E-state index contributed by atoms with van der Waals surface area (Å²) in [6.07, 6.45) is 4.80. The molecular formula is C26H33FN2O3S. The van der Waals surface area contributed by atoms with Crippen LogP contribution in [0.3, 0.4) is 0 Å². The molecule has 0 bridgehead atoms. The van der Waals surface area contributed by atoms with E-state index in [0.29, 0.717) is 13.1 Å². The van der Waals surface area contributed by atoms with Crippen LogP contribution in [0.5, 0.6) is 5.75 Å². The molecule has 2 aliphatic rings. The molecule has 0 saturated heterocycles. The summed E-state index contributed by atoms with van der Waals surface area (Å²) in [5.74, 6) is 0.143. The van der Waals surface area contributed by atoms with Crippen molar-refractivity contribution in [2.24, 2.45) is 11.8 Å². The fourth-order valence-corrected chi connectivity index (χ4v) is 5.89. The van der Waals surface area contributed by atoms with Gasteiger partial charge in [-0.15, -0.1) is 11.3 Å². The maximum absolute atomic E-state index is 14.1. The number of amides is 2. The fourth-order valence-electron chi connectivity index (χ4n) is 4.96. The molecule has 0 N–H and O–H groups in total. The number of hydrogen-bond acceptors (Lipinski definition) is 4. The molecule has 0 radical (unpaired) electrons. The van der Waals surface area contributed by atoms with E-state index in [1.807, 2.05) is 16.3 Å². The van der Waals surface area contributed by atoms with Crippen molar-refractivity contribution in [2.45, 2.75) is 52.0 Å². The Kier molecular flexibility index (Phi) is 7.68. The van der Waals surface area contributed by atoms with E-state index in [9.17, 15) is 14.0 Å². The average molecular weight is 473 g/mol. The molecule has 1 aromatic carbocycles. The molecule has 2 heterocycles. The first-order valence-electron chi connectivity index (χ1n) is 12.0. The fraction of sp³-hybridized carbons (Fsp3) is 0.538. The summed E-state index contributed by atoms with van der Waals surface area (Å²) in [5.41, 5.74) is 1.06. The highest BCUT2D eigenvalue weighted by Crippen LogP contribution is 2.34. The molecule has 1 saturated carbocycles. The van der Waals surface area contributed by atoms with Crippen LogP contribution in [0, 0.1) is 17.7 Å². The zero-order valence-corrected chi connectivity index (χ0v) is 20.3. The molecule has 33 heavy (non-hydrogen) atoms. The van der Waals surface area contributed by atoms with Gasteiger partial charge in [-0.25, -0.2) is 4.39 Å². The number of hydrogen-bond donors (Lipinski definition) is 0. The molecule has 178 valence electrons. The Balaban J connectivity index is 1.51. The summed E-state index contributed by atoms with van der Waals surface area (Å²) in [5, 5.41) is 2.03. The summed E-state index contributed by atoms with van der Waals surface area (Å²) in [4.78, 5) is 31.5. The Morgan fingerprint density at radius 3 is 2.70 bits per heavy atom.